The highest BCUT2D eigenvalue weighted by Gasteiger charge is 2.17. The summed E-state index contributed by atoms with van der Waals surface area (Å²) < 4.78 is 0. The van der Waals surface area contributed by atoms with Crippen LogP contribution in [0, 0.1) is 5.92 Å². The lowest BCUT2D eigenvalue weighted by atomic mass is 9.99. The van der Waals surface area contributed by atoms with Crippen molar-refractivity contribution in [3.8, 4) is 0 Å². The molecule has 1 unspecified atom stereocenters. The Morgan fingerprint density at radius 3 is 3.12 bits per heavy atom. The highest BCUT2D eigenvalue weighted by atomic mass is 15.3. The zero-order valence-corrected chi connectivity index (χ0v) is 10.6. The van der Waals surface area contributed by atoms with Crippen molar-refractivity contribution in [2.45, 2.75) is 26.2 Å². The van der Waals surface area contributed by atoms with E-state index in [1.54, 1.807) is 6.20 Å². The second kappa shape index (κ2) is 6.55. The van der Waals surface area contributed by atoms with Crippen molar-refractivity contribution < 1.29 is 0 Å². The molecule has 0 amide bonds. The van der Waals surface area contributed by atoms with E-state index in [4.69, 9.17) is 0 Å². The summed E-state index contributed by atoms with van der Waals surface area (Å²) in [4.78, 5) is 2.37. The van der Waals surface area contributed by atoms with Crippen molar-refractivity contribution in [1.82, 2.24) is 15.5 Å². The Labute approximate surface area is 103 Å². The molecule has 1 saturated heterocycles. The fourth-order valence-electron chi connectivity index (χ4n) is 2.42. The van der Waals surface area contributed by atoms with E-state index in [1.807, 2.05) is 6.07 Å². The molecular formula is C13H22N4. The van der Waals surface area contributed by atoms with Crippen LogP contribution in [-0.4, -0.2) is 36.4 Å². The van der Waals surface area contributed by atoms with Crippen molar-refractivity contribution >= 4 is 5.82 Å². The molecule has 0 aromatic carbocycles. The standard InChI is InChI=1S/C13H22N4/c1-2-9-17(13-6-4-8-15-16-13)11-12-5-3-7-14-10-12/h4,6,8,12,14H,2-3,5,7,9-11H2,1H3. The monoisotopic (exact) mass is 234 g/mol. The summed E-state index contributed by atoms with van der Waals surface area (Å²) >= 11 is 0. The highest BCUT2D eigenvalue weighted by Crippen LogP contribution is 2.16. The van der Waals surface area contributed by atoms with E-state index in [0.717, 1.165) is 37.8 Å². The minimum absolute atomic E-state index is 0.748. The topological polar surface area (TPSA) is 41.0 Å². The molecule has 0 aliphatic carbocycles. The maximum Gasteiger partial charge on any atom is 0.151 e. The van der Waals surface area contributed by atoms with Gasteiger partial charge in [0, 0.05) is 19.3 Å². The van der Waals surface area contributed by atoms with Gasteiger partial charge in [-0.25, -0.2) is 0 Å². The van der Waals surface area contributed by atoms with E-state index in [0.29, 0.717) is 0 Å². The number of rotatable bonds is 5. The number of piperidine rings is 1. The van der Waals surface area contributed by atoms with E-state index in [1.165, 1.54) is 19.4 Å². The maximum absolute atomic E-state index is 4.22. The quantitative estimate of drug-likeness (QED) is 0.842. The molecule has 94 valence electrons. The van der Waals surface area contributed by atoms with E-state index in [-0.39, 0.29) is 0 Å². The van der Waals surface area contributed by atoms with Crippen molar-refractivity contribution in [2.24, 2.45) is 5.92 Å². The molecule has 0 saturated carbocycles. The summed E-state index contributed by atoms with van der Waals surface area (Å²) in [5.41, 5.74) is 0. The molecule has 17 heavy (non-hydrogen) atoms. The van der Waals surface area contributed by atoms with Crippen molar-refractivity contribution in [1.29, 1.82) is 0 Å². The van der Waals surface area contributed by atoms with Gasteiger partial charge >= 0.3 is 0 Å². The third kappa shape index (κ3) is 3.66. The van der Waals surface area contributed by atoms with Gasteiger partial charge in [0.15, 0.2) is 5.82 Å². The van der Waals surface area contributed by atoms with Crippen LogP contribution in [0.25, 0.3) is 0 Å². The molecule has 1 aromatic heterocycles. The summed E-state index contributed by atoms with van der Waals surface area (Å²) in [5, 5.41) is 11.7. The second-order valence-electron chi connectivity index (χ2n) is 4.74. The molecule has 4 nitrogen and oxygen atoms in total. The molecular weight excluding hydrogens is 212 g/mol. The normalized spacial score (nSPS) is 20.2. The van der Waals surface area contributed by atoms with E-state index in [9.17, 15) is 0 Å². The first-order valence-electron chi connectivity index (χ1n) is 6.63. The number of anilines is 1. The maximum atomic E-state index is 4.22. The van der Waals surface area contributed by atoms with E-state index in [2.05, 4.69) is 33.4 Å². The van der Waals surface area contributed by atoms with Gasteiger partial charge in [-0.3, -0.25) is 0 Å². The average Bonchev–Trinajstić information content (AvgIpc) is 2.40. The molecule has 2 heterocycles. The number of nitrogens with zero attached hydrogens (tertiary/aromatic N) is 3. The van der Waals surface area contributed by atoms with Gasteiger partial charge < -0.3 is 10.2 Å². The summed E-state index contributed by atoms with van der Waals surface area (Å²) in [6.45, 7) is 6.69. The first-order chi connectivity index (χ1) is 8.40. The molecule has 1 aliphatic heterocycles. The van der Waals surface area contributed by atoms with Gasteiger partial charge in [0.05, 0.1) is 0 Å². The Kier molecular flexibility index (Phi) is 4.74. The first-order valence-corrected chi connectivity index (χ1v) is 6.63. The Morgan fingerprint density at radius 2 is 2.47 bits per heavy atom. The van der Waals surface area contributed by atoms with Crippen LogP contribution in [0.4, 0.5) is 5.82 Å². The van der Waals surface area contributed by atoms with Crippen LogP contribution in [0.15, 0.2) is 18.3 Å². The highest BCUT2D eigenvalue weighted by molar-refractivity contribution is 5.36. The summed E-state index contributed by atoms with van der Waals surface area (Å²) in [6.07, 6.45) is 5.51. The molecule has 1 aromatic rings. The Balaban J connectivity index is 1.96. The van der Waals surface area contributed by atoms with E-state index >= 15 is 0 Å². The van der Waals surface area contributed by atoms with Crippen molar-refractivity contribution in [3.05, 3.63) is 18.3 Å². The third-order valence-corrected chi connectivity index (χ3v) is 3.25. The van der Waals surface area contributed by atoms with Gasteiger partial charge in [-0.05, 0) is 50.4 Å². The number of nitrogens with one attached hydrogen (secondary N) is 1. The average molecular weight is 234 g/mol. The number of hydrogen-bond donors (Lipinski definition) is 1. The summed E-state index contributed by atoms with van der Waals surface area (Å²) in [6, 6.07) is 4.02. The molecule has 0 radical (unpaired) electrons. The van der Waals surface area contributed by atoms with Crippen LogP contribution >= 0.6 is 0 Å². The Bertz CT molecular complexity index is 308. The Morgan fingerprint density at radius 1 is 1.53 bits per heavy atom. The fourth-order valence-corrected chi connectivity index (χ4v) is 2.42. The molecule has 2 rings (SSSR count). The van der Waals surface area contributed by atoms with Gasteiger partial charge in [-0.15, -0.1) is 5.10 Å². The van der Waals surface area contributed by atoms with Crippen LogP contribution in [0.3, 0.4) is 0 Å². The van der Waals surface area contributed by atoms with Gasteiger partial charge in [-0.1, -0.05) is 6.92 Å². The molecule has 4 heteroatoms. The number of hydrogen-bond acceptors (Lipinski definition) is 4. The predicted octanol–water partition coefficient (Wildman–Crippen LogP) is 1.69. The predicted molar refractivity (Wildman–Crippen MR) is 70.1 cm³/mol. The molecule has 0 spiro atoms. The fraction of sp³-hybridized carbons (Fsp3) is 0.692. The summed E-state index contributed by atoms with van der Waals surface area (Å²) in [5.74, 6) is 1.76. The van der Waals surface area contributed by atoms with Crippen LogP contribution in [-0.2, 0) is 0 Å². The lowest BCUT2D eigenvalue weighted by Gasteiger charge is -2.30. The largest absolute Gasteiger partial charge is 0.355 e. The molecule has 1 N–H and O–H groups in total. The lowest BCUT2D eigenvalue weighted by molar-refractivity contribution is 0.376. The SMILES string of the molecule is CCCN(CC1CCCNC1)c1cccnn1. The van der Waals surface area contributed by atoms with Crippen LogP contribution in [0.5, 0.6) is 0 Å². The third-order valence-electron chi connectivity index (χ3n) is 3.25. The smallest absolute Gasteiger partial charge is 0.151 e. The van der Waals surface area contributed by atoms with Gasteiger partial charge in [0.25, 0.3) is 0 Å². The van der Waals surface area contributed by atoms with Crippen LogP contribution < -0.4 is 10.2 Å². The van der Waals surface area contributed by atoms with Gasteiger partial charge in [0.2, 0.25) is 0 Å². The second-order valence-corrected chi connectivity index (χ2v) is 4.74. The minimum atomic E-state index is 0.748. The van der Waals surface area contributed by atoms with Crippen LogP contribution in [0.2, 0.25) is 0 Å². The van der Waals surface area contributed by atoms with Crippen LogP contribution in [0.1, 0.15) is 26.2 Å². The van der Waals surface area contributed by atoms with Crippen molar-refractivity contribution in [3.63, 3.8) is 0 Å². The zero-order valence-electron chi connectivity index (χ0n) is 10.6. The summed E-state index contributed by atoms with van der Waals surface area (Å²) in [7, 11) is 0. The first kappa shape index (κ1) is 12.3. The van der Waals surface area contributed by atoms with Gasteiger partial charge in [0.1, 0.15) is 0 Å². The molecule has 1 atom stereocenters. The Hall–Kier alpha value is -1.16. The molecule has 0 bridgehead atoms. The van der Waals surface area contributed by atoms with Crippen molar-refractivity contribution in [2.75, 3.05) is 31.1 Å². The van der Waals surface area contributed by atoms with E-state index < -0.39 is 0 Å². The number of aromatic nitrogens is 2. The molecule has 1 aliphatic rings. The molecule has 1 fully saturated rings. The van der Waals surface area contributed by atoms with Gasteiger partial charge in [-0.2, -0.15) is 5.10 Å². The lowest BCUT2D eigenvalue weighted by Crippen LogP contribution is -2.39. The minimum Gasteiger partial charge on any atom is -0.355 e. The zero-order chi connectivity index (χ0) is 11.9.